The summed E-state index contributed by atoms with van der Waals surface area (Å²) in [6.07, 6.45) is 3.83. The van der Waals surface area contributed by atoms with Crippen LogP contribution in [0.3, 0.4) is 0 Å². The third kappa shape index (κ3) is 2.67. The Morgan fingerprint density at radius 2 is 2.00 bits per heavy atom. The van der Waals surface area contributed by atoms with Gasteiger partial charge in [0.05, 0.1) is 6.54 Å². The van der Waals surface area contributed by atoms with Crippen LogP contribution in [0.25, 0.3) is 10.9 Å². The van der Waals surface area contributed by atoms with Crippen LogP contribution >= 0.6 is 0 Å². The van der Waals surface area contributed by atoms with Crippen LogP contribution in [0.4, 0.5) is 4.79 Å². The molecule has 24 heavy (non-hydrogen) atoms. The van der Waals surface area contributed by atoms with Crippen LogP contribution < -0.4 is 0 Å². The molecule has 0 radical (unpaired) electrons. The fourth-order valence-corrected chi connectivity index (χ4v) is 3.98. The van der Waals surface area contributed by atoms with Crippen LogP contribution in [0.2, 0.25) is 0 Å². The summed E-state index contributed by atoms with van der Waals surface area (Å²) in [6, 6.07) is 8.86. The summed E-state index contributed by atoms with van der Waals surface area (Å²) in [5.74, 6) is 0. The molecule has 5 heteroatoms. The first kappa shape index (κ1) is 15.5. The largest absolute Gasteiger partial charge is 0.441 e. The molecule has 1 aromatic heterocycles. The van der Waals surface area contributed by atoms with Crippen molar-refractivity contribution in [1.29, 1.82) is 0 Å². The lowest BCUT2D eigenvalue weighted by Crippen LogP contribution is -2.46. The fourth-order valence-electron chi connectivity index (χ4n) is 3.98. The molecule has 2 aliphatic rings. The summed E-state index contributed by atoms with van der Waals surface area (Å²) < 4.78 is 7.88. The van der Waals surface area contributed by atoms with Gasteiger partial charge in [0.25, 0.3) is 0 Å². The Balaban J connectivity index is 1.41. The summed E-state index contributed by atoms with van der Waals surface area (Å²) >= 11 is 0. The number of benzene rings is 1. The first-order chi connectivity index (χ1) is 11.6. The average Bonchev–Trinajstić information content (AvgIpc) is 3.10. The van der Waals surface area contributed by atoms with E-state index in [1.165, 1.54) is 16.5 Å². The zero-order chi connectivity index (χ0) is 16.7. The van der Waals surface area contributed by atoms with Crippen molar-refractivity contribution in [2.24, 2.45) is 7.05 Å². The third-order valence-corrected chi connectivity index (χ3v) is 5.55. The number of hydrogen-bond donors (Lipinski definition) is 0. The molecule has 1 spiro atoms. The second kappa shape index (κ2) is 5.81. The number of nitrogens with zero attached hydrogens (tertiary/aromatic N) is 3. The predicted molar refractivity (Wildman–Crippen MR) is 93.9 cm³/mol. The van der Waals surface area contributed by atoms with Crippen molar-refractivity contribution in [2.45, 2.75) is 31.9 Å². The molecule has 1 aromatic carbocycles. The topological polar surface area (TPSA) is 37.7 Å². The SMILES string of the molecule is CCN1CC2(CCN(Cc3ccc4ccn(C)c4c3)CC2)OC1=O. The van der Waals surface area contributed by atoms with Crippen molar-refractivity contribution >= 4 is 17.0 Å². The molecular formula is C19H25N3O2. The predicted octanol–water partition coefficient (Wildman–Crippen LogP) is 2.99. The highest BCUT2D eigenvalue weighted by molar-refractivity contribution is 5.80. The number of likely N-dealkylation sites (N-methyl/N-ethyl adjacent to an activating group) is 1. The molecule has 5 nitrogen and oxygen atoms in total. The van der Waals surface area contributed by atoms with E-state index >= 15 is 0 Å². The van der Waals surface area contributed by atoms with Crippen LogP contribution in [0.5, 0.6) is 0 Å². The van der Waals surface area contributed by atoms with Gasteiger partial charge in [-0.3, -0.25) is 4.90 Å². The second-order valence-corrected chi connectivity index (χ2v) is 7.16. The number of aromatic nitrogens is 1. The minimum atomic E-state index is -0.244. The first-order valence-corrected chi connectivity index (χ1v) is 8.83. The minimum Gasteiger partial charge on any atom is -0.441 e. The lowest BCUT2D eigenvalue weighted by atomic mass is 9.91. The lowest BCUT2D eigenvalue weighted by molar-refractivity contribution is -0.00122. The molecule has 2 aromatic rings. The zero-order valence-electron chi connectivity index (χ0n) is 14.5. The van der Waals surface area contributed by atoms with E-state index in [-0.39, 0.29) is 11.7 Å². The van der Waals surface area contributed by atoms with Crippen LogP contribution in [0.1, 0.15) is 25.3 Å². The third-order valence-electron chi connectivity index (χ3n) is 5.55. The highest BCUT2D eigenvalue weighted by Gasteiger charge is 2.46. The standard InChI is InChI=1S/C19H25N3O2/c1-3-22-14-19(24-18(22)23)7-10-21(11-8-19)13-15-4-5-16-6-9-20(2)17(16)12-15/h4-6,9,12H,3,7-8,10-11,13-14H2,1-2H3. The second-order valence-electron chi connectivity index (χ2n) is 7.16. The molecule has 4 rings (SSSR count). The van der Waals surface area contributed by atoms with Crippen molar-refractivity contribution < 1.29 is 9.53 Å². The van der Waals surface area contributed by atoms with E-state index in [0.717, 1.165) is 45.6 Å². The number of hydrogen-bond acceptors (Lipinski definition) is 3. The lowest BCUT2D eigenvalue weighted by Gasteiger charge is -2.37. The molecule has 2 saturated heterocycles. The van der Waals surface area contributed by atoms with Crippen LogP contribution in [0, 0.1) is 0 Å². The monoisotopic (exact) mass is 327 g/mol. The normalized spacial score (nSPS) is 20.9. The van der Waals surface area contributed by atoms with E-state index in [4.69, 9.17) is 4.74 Å². The van der Waals surface area contributed by atoms with Crippen molar-refractivity contribution in [1.82, 2.24) is 14.4 Å². The number of piperidine rings is 1. The van der Waals surface area contributed by atoms with E-state index in [2.05, 4.69) is 47.0 Å². The van der Waals surface area contributed by atoms with Gasteiger partial charge in [0.1, 0.15) is 5.60 Å². The number of carbonyl (C=O) groups excluding carboxylic acids is 1. The molecule has 128 valence electrons. The molecule has 0 N–H and O–H groups in total. The van der Waals surface area contributed by atoms with E-state index in [1.807, 2.05) is 11.8 Å². The van der Waals surface area contributed by atoms with Crippen molar-refractivity contribution in [3.05, 3.63) is 36.0 Å². The molecule has 0 saturated carbocycles. The van der Waals surface area contributed by atoms with Crippen molar-refractivity contribution in [2.75, 3.05) is 26.2 Å². The number of amides is 1. The molecular weight excluding hydrogens is 302 g/mol. The smallest absolute Gasteiger partial charge is 0.410 e. The van der Waals surface area contributed by atoms with Gasteiger partial charge >= 0.3 is 6.09 Å². The summed E-state index contributed by atoms with van der Waals surface area (Å²) in [6.45, 7) is 6.43. The molecule has 1 amide bonds. The molecule has 2 aliphatic heterocycles. The highest BCUT2D eigenvalue weighted by Crippen LogP contribution is 2.33. The Hall–Kier alpha value is -2.01. The molecule has 3 heterocycles. The van der Waals surface area contributed by atoms with Gasteiger partial charge in [-0.15, -0.1) is 0 Å². The van der Waals surface area contributed by atoms with E-state index in [1.54, 1.807) is 0 Å². The van der Waals surface area contributed by atoms with E-state index in [9.17, 15) is 4.79 Å². The molecule has 0 bridgehead atoms. The van der Waals surface area contributed by atoms with Gasteiger partial charge in [-0.1, -0.05) is 12.1 Å². The van der Waals surface area contributed by atoms with Crippen LogP contribution in [-0.2, 0) is 18.3 Å². The van der Waals surface area contributed by atoms with Gasteiger partial charge < -0.3 is 14.2 Å². The summed E-state index contributed by atoms with van der Waals surface area (Å²) in [4.78, 5) is 16.2. The zero-order valence-corrected chi connectivity index (χ0v) is 14.5. The Kier molecular flexibility index (Phi) is 3.76. The highest BCUT2D eigenvalue weighted by atomic mass is 16.6. The number of aryl methyl sites for hydroxylation is 1. The maximum atomic E-state index is 11.9. The minimum absolute atomic E-state index is 0.139. The summed E-state index contributed by atoms with van der Waals surface area (Å²) in [7, 11) is 2.09. The van der Waals surface area contributed by atoms with Gasteiger partial charge in [-0.2, -0.15) is 0 Å². The maximum absolute atomic E-state index is 11.9. The quantitative estimate of drug-likeness (QED) is 0.870. The number of likely N-dealkylation sites (tertiary alicyclic amines) is 1. The Morgan fingerprint density at radius 3 is 2.71 bits per heavy atom. The number of rotatable bonds is 3. The number of ether oxygens (including phenoxy) is 1. The Morgan fingerprint density at radius 1 is 1.21 bits per heavy atom. The average molecular weight is 327 g/mol. The molecule has 0 unspecified atom stereocenters. The molecule has 0 atom stereocenters. The van der Waals surface area contributed by atoms with Gasteiger partial charge in [0.2, 0.25) is 0 Å². The van der Waals surface area contributed by atoms with E-state index in [0.29, 0.717) is 0 Å². The summed E-state index contributed by atoms with van der Waals surface area (Å²) in [5.41, 5.74) is 2.38. The Bertz CT molecular complexity index is 759. The maximum Gasteiger partial charge on any atom is 0.410 e. The Labute approximate surface area is 142 Å². The van der Waals surface area contributed by atoms with Gasteiger partial charge in [0, 0.05) is 57.8 Å². The van der Waals surface area contributed by atoms with Gasteiger partial charge in [0.15, 0.2) is 0 Å². The van der Waals surface area contributed by atoms with Crippen molar-refractivity contribution in [3.63, 3.8) is 0 Å². The van der Waals surface area contributed by atoms with Gasteiger partial charge in [-0.05, 0) is 30.0 Å². The first-order valence-electron chi connectivity index (χ1n) is 8.83. The van der Waals surface area contributed by atoms with Crippen LogP contribution in [0.15, 0.2) is 30.5 Å². The van der Waals surface area contributed by atoms with E-state index < -0.39 is 0 Å². The number of fused-ring (bicyclic) bond motifs is 1. The summed E-state index contributed by atoms with van der Waals surface area (Å²) in [5, 5.41) is 1.29. The van der Waals surface area contributed by atoms with Crippen LogP contribution in [-0.4, -0.2) is 52.2 Å². The van der Waals surface area contributed by atoms with Gasteiger partial charge in [-0.25, -0.2) is 4.79 Å². The molecule has 2 fully saturated rings. The number of carbonyl (C=O) groups is 1. The fraction of sp³-hybridized carbons (Fsp3) is 0.526. The molecule has 0 aliphatic carbocycles. The van der Waals surface area contributed by atoms with Crippen molar-refractivity contribution in [3.8, 4) is 0 Å².